The molecule has 5 aromatic rings. The largest absolute Gasteiger partial charge is 0.297 e. The van der Waals surface area contributed by atoms with Gasteiger partial charge in [-0.25, -0.2) is 4.98 Å². The molecule has 0 aliphatic heterocycles. The van der Waals surface area contributed by atoms with Crippen LogP contribution in [0.4, 0.5) is 0 Å². The number of nitrogens with zero attached hydrogens (tertiary/aromatic N) is 2. The van der Waals surface area contributed by atoms with E-state index < -0.39 is 0 Å². The van der Waals surface area contributed by atoms with Crippen molar-refractivity contribution < 1.29 is 0 Å². The van der Waals surface area contributed by atoms with E-state index in [1.165, 1.54) is 25.9 Å². The summed E-state index contributed by atoms with van der Waals surface area (Å²) in [5.41, 5.74) is 3.38. The molecule has 0 fully saturated rings. The van der Waals surface area contributed by atoms with Gasteiger partial charge in [-0.15, -0.1) is 11.3 Å². The normalized spacial score (nSPS) is 11.6. The fourth-order valence-electron chi connectivity index (χ4n) is 3.07. The second-order valence-corrected chi connectivity index (χ2v) is 6.41. The van der Waals surface area contributed by atoms with E-state index in [9.17, 15) is 0 Å². The topological polar surface area (TPSA) is 17.8 Å². The van der Waals surface area contributed by atoms with Crippen molar-refractivity contribution in [3.8, 4) is 5.69 Å². The Kier molecular flexibility index (Phi) is 2.40. The van der Waals surface area contributed by atoms with E-state index in [-0.39, 0.29) is 0 Å². The zero-order valence-corrected chi connectivity index (χ0v) is 12.5. The Morgan fingerprint density at radius 3 is 2.59 bits per heavy atom. The molecule has 0 amide bonds. The first kappa shape index (κ1) is 12.0. The molecule has 104 valence electrons. The summed E-state index contributed by atoms with van der Waals surface area (Å²) in [5.74, 6) is 0. The lowest BCUT2D eigenvalue weighted by molar-refractivity contribution is 1.11. The van der Waals surface area contributed by atoms with Crippen LogP contribution in [0.3, 0.4) is 0 Å². The van der Waals surface area contributed by atoms with Crippen LogP contribution in [0, 0.1) is 0 Å². The van der Waals surface area contributed by atoms with Crippen molar-refractivity contribution in [1.29, 1.82) is 0 Å². The maximum absolute atomic E-state index is 4.52. The van der Waals surface area contributed by atoms with Crippen molar-refractivity contribution in [2.75, 3.05) is 0 Å². The smallest absolute Gasteiger partial charge is 0.100 e. The number of imidazole rings is 1. The highest BCUT2D eigenvalue weighted by Crippen LogP contribution is 2.37. The first-order valence-electron chi connectivity index (χ1n) is 7.24. The molecule has 0 radical (unpaired) electrons. The fourth-order valence-corrected chi connectivity index (χ4v) is 4.29. The predicted molar refractivity (Wildman–Crippen MR) is 94.0 cm³/mol. The van der Waals surface area contributed by atoms with Crippen LogP contribution >= 0.6 is 11.3 Å². The van der Waals surface area contributed by atoms with Gasteiger partial charge in [0, 0.05) is 15.5 Å². The summed E-state index contributed by atoms with van der Waals surface area (Å²) in [5, 5.41) is 2.64. The van der Waals surface area contributed by atoms with Gasteiger partial charge < -0.3 is 0 Å². The lowest BCUT2D eigenvalue weighted by Crippen LogP contribution is -1.91. The van der Waals surface area contributed by atoms with Gasteiger partial charge in [0.05, 0.1) is 21.4 Å². The molecule has 0 bridgehead atoms. The zero-order chi connectivity index (χ0) is 14.5. The van der Waals surface area contributed by atoms with Crippen LogP contribution in [0.1, 0.15) is 0 Å². The van der Waals surface area contributed by atoms with Gasteiger partial charge in [-0.3, -0.25) is 4.57 Å². The summed E-state index contributed by atoms with van der Waals surface area (Å²) in [4.78, 5) is 4.52. The van der Waals surface area contributed by atoms with Crippen molar-refractivity contribution in [2.24, 2.45) is 0 Å². The molecule has 2 aromatic heterocycles. The van der Waals surface area contributed by atoms with Gasteiger partial charge in [-0.05, 0) is 24.3 Å². The van der Waals surface area contributed by atoms with Crippen LogP contribution in [0.5, 0.6) is 0 Å². The maximum Gasteiger partial charge on any atom is 0.100 e. The number of fused-ring (bicyclic) bond motifs is 4. The van der Waals surface area contributed by atoms with E-state index in [2.05, 4.69) is 70.2 Å². The highest BCUT2D eigenvalue weighted by molar-refractivity contribution is 7.26. The van der Waals surface area contributed by atoms with Crippen LogP contribution < -0.4 is 0 Å². The van der Waals surface area contributed by atoms with Gasteiger partial charge in [0.1, 0.15) is 6.33 Å². The summed E-state index contributed by atoms with van der Waals surface area (Å²) in [6.45, 7) is 0. The molecule has 2 nitrogen and oxygen atoms in total. The molecule has 0 aliphatic carbocycles. The first-order valence-corrected chi connectivity index (χ1v) is 8.06. The molecule has 5 rings (SSSR count). The van der Waals surface area contributed by atoms with Crippen LogP contribution in [-0.4, -0.2) is 9.55 Å². The molecule has 0 saturated carbocycles. The van der Waals surface area contributed by atoms with Crippen LogP contribution in [-0.2, 0) is 0 Å². The lowest BCUT2D eigenvalue weighted by Gasteiger charge is -2.05. The Morgan fingerprint density at radius 1 is 0.773 bits per heavy atom. The van der Waals surface area contributed by atoms with Gasteiger partial charge in [-0.2, -0.15) is 0 Å². The first-order chi connectivity index (χ1) is 10.9. The number of hydrogen-bond acceptors (Lipinski definition) is 2. The Hall–Kier alpha value is -2.65. The van der Waals surface area contributed by atoms with Gasteiger partial charge in [0.2, 0.25) is 0 Å². The van der Waals surface area contributed by atoms with Crippen molar-refractivity contribution >= 4 is 42.5 Å². The summed E-state index contributed by atoms with van der Waals surface area (Å²) >= 11 is 1.85. The Labute approximate surface area is 131 Å². The fraction of sp³-hybridized carbons (Fsp3) is 0. The van der Waals surface area contributed by atoms with Crippen molar-refractivity contribution in [3.63, 3.8) is 0 Å². The summed E-state index contributed by atoms with van der Waals surface area (Å²) in [6, 6.07) is 23.4. The van der Waals surface area contributed by atoms with Crippen molar-refractivity contribution in [3.05, 3.63) is 73.1 Å². The highest BCUT2D eigenvalue weighted by Gasteiger charge is 2.11. The average molecular weight is 300 g/mol. The third-order valence-electron chi connectivity index (χ3n) is 4.10. The van der Waals surface area contributed by atoms with E-state index in [0.717, 1.165) is 11.0 Å². The molecular weight excluding hydrogens is 288 g/mol. The average Bonchev–Trinajstić information content (AvgIpc) is 3.16. The molecule has 0 spiro atoms. The minimum absolute atomic E-state index is 1.03. The molecule has 0 N–H and O–H groups in total. The number of aromatic nitrogens is 2. The van der Waals surface area contributed by atoms with E-state index >= 15 is 0 Å². The van der Waals surface area contributed by atoms with Gasteiger partial charge >= 0.3 is 0 Å². The lowest BCUT2D eigenvalue weighted by atomic mass is 10.1. The highest BCUT2D eigenvalue weighted by atomic mass is 32.1. The molecule has 0 unspecified atom stereocenters. The number of hydrogen-bond donors (Lipinski definition) is 0. The molecule has 3 heteroatoms. The van der Waals surface area contributed by atoms with E-state index in [4.69, 9.17) is 0 Å². The van der Waals surface area contributed by atoms with Crippen LogP contribution in [0.15, 0.2) is 73.1 Å². The van der Waals surface area contributed by atoms with Gasteiger partial charge in [0.15, 0.2) is 0 Å². The van der Waals surface area contributed by atoms with E-state index in [0.29, 0.717) is 0 Å². The number of benzene rings is 3. The second kappa shape index (κ2) is 4.42. The monoisotopic (exact) mass is 300 g/mol. The van der Waals surface area contributed by atoms with E-state index in [1.807, 2.05) is 23.7 Å². The van der Waals surface area contributed by atoms with Crippen molar-refractivity contribution in [1.82, 2.24) is 9.55 Å². The number of para-hydroxylation sites is 2. The molecule has 0 aliphatic rings. The van der Waals surface area contributed by atoms with Gasteiger partial charge in [-0.1, -0.05) is 42.5 Å². The summed E-state index contributed by atoms with van der Waals surface area (Å²) in [7, 11) is 0. The molecule has 3 aromatic carbocycles. The summed E-state index contributed by atoms with van der Waals surface area (Å²) in [6.07, 6.45) is 1.92. The predicted octanol–water partition coefficient (Wildman–Crippen LogP) is 5.39. The Bertz CT molecular complexity index is 1130. The maximum atomic E-state index is 4.52. The third-order valence-corrected chi connectivity index (χ3v) is 5.31. The molecule has 22 heavy (non-hydrogen) atoms. The molecule has 2 heterocycles. The Morgan fingerprint density at radius 2 is 1.59 bits per heavy atom. The quantitative estimate of drug-likeness (QED) is 0.405. The zero-order valence-electron chi connectivity index (χ0n) is 11.7. The van der Waals surface area contributed by atoms with Gasteiger partial charge in [0.25, 0.3) is 0 Å². The van der Waals surface area contributed by atoms with Crippen LogP contribution in [0.25, 0.3) is 36.9 Å². The SMILES string of the molecule is c1ccc2c(c1)ncn2-c1cccc2c1sc1ccccc12. The minimum atomic E-state index is 1.03. The third kappa shape index (κ3) is 1.57. The second-order valence-electron chi connectivity index (χ2n) is 5.36. The summed E-state index contributed by atoms with van der Waals surface area (Å²) < 4.78 is 4.83. The molecule has 0 saturated heterocycles. The molecular formula is C19H12N2S. The molecule has 0 atom stereocenters. The number of rotatable bonds is 1. The minimum Gasteiger partial charge on any atom is -0.297 e. The number of thiophene rings is 1. The van der Waals surface area contributed by atoms with E-state index in [1.54, 1.807) is 0 Å². The van der Waals surface area contributed by atoms with Crippen molar-refractivity contribution in [2.45, 2.75) is 0 Å². The standard InChI is InChI=1S/C19H12N2S/c1-4-11-18-13(6-1)14-7-5-10-17(19(14)22-18)21-12-20-15-8-2-3-9-16(15)21/h1-12H. The Balaban J connectivity index is 1.92. The van der Waals surface area contributed by atoms with Crippen LogP contribution in [0.2, 0.25) is 0 Å².